The topological polar surface area (TPSA) is 9.86 Å². The van der Waals surface area contributed by atoms with Crippen molar-refractivity contribution >= 4 is 67.9 Å². The predicted molar refractivity (Wildman–Crippen MR) is 407 cm³/mol. The van der Waals surface area contributed by atoms with Crippen LogP contribution in [0.5, 0.6) is 0 Å². The molecule has 0 amide bonds. The van der Waals surface area contributed by atoms with Crippen molar-refractivity contribution < 1.29 is 0 Å². The number of aromatic nitrogens is 2. The summed E-state index contributed by atoms with van der Waals surface area (Å²) in [6, 6.07) is 101. The van der Waals surface area contributed by atoms with Crippen LogP contribution in [0.4, 0.5) is 0 Å². The van der Waals surface area contributed by atoms with Crippen LogP contribution in [0.15, 0.2) is 267 Å². The van der Waals surface area contributed by atoms with E-state index in [1.165, 1.54) is 189 Å². The number of benzene rings is 13. The van der Waals surface area contributed by atoms with Gasteiger partial charge in [-0.1, -0.05) is 262 Å². The lowest BCUT2D eigenvalue weighted by Gasteiger charge is -2.24. The van der Waals surface area contributed by atoms with E-state index >= 15 is 0 Å². The zero-order chi connectivity index (χ0) is 64.7. The van der Waals surface area contributed by atoms with Crippen LogP contribution in [0.2, 0.25) is 0 Å². The van der Waals surface area contributed by atoms with E-state index in [-0.39, 0.29) is 21.7 Å². The average molecular weight is 1230 g/mol. The van der Waals surface area contributed by atoms with E-state index in [2.05, 4.69) is 356 Å². The first-order valence-electron chi connectivity index (χ1n) is 34.2. The standard InChI is InChI=1S/C94H72N2/c1-91(2)79-21-13-9-17-67(79)69-45-41-65(53-83(69)91)95-87-23-15-11-19-73(87)77-49-59(33-47-89(77)95)27-25-57-29-35-61(36-30-57)63-39-43-71-75-55-86-76(56-85(75)93(5,6)81(71)51-63)72-44-40-64(52-82(72)94(86,7)8)62-37-31-58(32-38-62)26-28-60-34-48-90-78(50-60)74-20-12-16-24-88(74)96(90)66-42-46-70-68-18-10-14-22-80(68)92(3,4)84(70)54-66/h9-56H,1-8H3. The van der Waals surface area contributed by atoms with Crippen molar-refractivity contribution in [3.8, 4) is 78.1 Å². The Hall–Kier alpha value is -11.1. The van der Waals surface area contributed by atoms with Gasteiger partial charge in [-0.2, -0.15) is 0 Å². The molecule has 0 N–H and O–H groups in total. The lowest BCUT2D eigenvalue weighted by molar-refractivity contribution is 0.652. The summed E-state index contributed by atoms with van der Waals surface area (Å²) in [5, 5.41) is 5.05. The molecule has 0 bridgehead atoms. The monoisotopic (exact) mass is 1230 g/mol. The number of hydrogen-bond donors (Lipinski definition) is 0. The number of nitrogens with zero attached hydrogens (tertiary/aromatic N) is 2. The van der Waals surface area contributed by atoms with Crippen LogP contribution in [0, 0.1) is 0 Å². The fourth-order valence-corrected chi connectivity index (χ4v) is 17.7. The Kier molecular flexibility index (Phi) is 11.9. The number of fused-ring (bicyclic) bond motifs is 18. The van der Waals surface area contributed by atoms with Gasteiger partial charge in [0, 0.05) is 54.6 Å². The van der Waals surface area contributed by atoms with Crippen molar-refractivity contribution in [1.82, 2.24) is 9.13 Å². The number of hydrogen-bond acceptors (Lipinski definition) is 0. The van der Waals surface area contributed by atoms with Gasteiger partial charge < -0.3 is 9.13 Å². The van der Waals surface area contributed by atoms with Gasteiger partial charge in [-0.05, 0) is 218 Å². The van der Waals surface area contributed by atoms with E-state index in [9.17, 15) is 0 Å². The van der Waals surface area contributed by atoms with E-state index in [1.807, 2.05) is 0 Å². The molecule has 4 aliphatic rings. The molecule has 0 saturated heterocycles. The Bertz CT molecular complexity index is 5560. The van der Waals surface area contributed by atoms with Gasteiger partial charge in [-0.15, -0.1) is 0 Å². The van der Waals surface area contributed by atoms with Crippen molar-refractivity contribution in [2.45, 2.75) is 77.0 Å². The summed E-state index contributed by atoms with van der Waals surface area (Å²) in [6.45, 7) is 19.1. The lowest BCUT2D eigenvalue weighted by atomic mass is 9.79. The fraction of sp³-hybridized carbons (Fsp3) is 0.128. The molecule has 15 aromatic rings. The smallest absolute Gasteiger partial charge is 0.0541 e. The molecule has 0 atom stereocenters. The van der Waals surface area contributed by atoms with Crippen LogP contribution < -0.4 is 0 Å². The predicted octanol–water partition coefficient (Wildman–Crippen LogP) is 24.8. The van der Waals surface area contributed by atoms with E-state index in [4.69, 9.17) is 0 Å². The molecule has 0 unspecified atom stereocenters. The van der Waals surface area contributed by atoms with Crippen LogP contribution in [-0.4, -0.2) is 9.13 Å². The fourth-order valence-electron chi connectivity index (χ4n) is 17.7. The van der Waals surface area contributed by atoms with Crippen LogP contribution in [-0.2, 0) is 21.7 Å². The molecule has 0 spiro atoms. The first-order valence-corrected chi connectivity index (χ1v) is 34.2. The summed E-state index contributed by atoms with van der Waals surface area (Å²) in [5.41, 5.74) is 38.5. The Balaban J connectivity index is 0.553. The Morgan fingerprint density at radius 1 is 0.208 bits per heavy atom. The van der Waals surface area contributed by atoms with Gasteiger partial charge in [0.15, 0.2) is 0 Å². The molecule has 0 saturated carbocycles. The zero-order valence-electron chi connectivity index (χ0n) is 55.6. The summed E-state index contributed by atoms with van der Waals surface area (Å²) in [7, 11) is 0. The molecule has 0 aliphatic heterocycles. The molecular formula is C94H72N2. The Morgan fingerprint density at radius 3 is 0.948 bits per heavy atom. The van der Waals surface area contributed by atoms with E-state index in [0.29, 0.717) is 0 Å². The maximum atomic E-state index is 2.54. The summed E-state index contributed by atoms with van der Waals surface area (Å²) in [5.74, 6) is 0. The molecule has 19 rings (SSSR count). The normalized spacial score (nSPS) is 15.3. The lowest BCUT2D eigenvalue weighted by Crippen LogP contribution is -2.17. The van der Waals surface area contributed by atoms with Crippen molar-refractivity contribution in [3.63, 3.8) is 0 Å². The largest absolute Gasteiger partial charge is 0.309 e. The van der Waals surface area contributed by atoms with Crippen LogP contribution >= 0.6 is 0 Å². The first kappa shape index (κ1) is 56.5. The SMILES string of the molecule is CC1(C)c2ccccc2-c2ccc(-n3c4ccccc4c4cc(C=Cc5ccc(-c6ccc7c(c6)C(C)(C)c6cc8c(cc6-7)C(C)(C)c6cc(-c7ccc(C=Cc9ccc%10c(c9)c9ccccc9n%10-c9ccc%10c(c9)C(C)(C)c9ccccc9-%10)cc7)ccc6-8)cc5)ccc43)cc21. The molecule has 0 fully saturated rings. The second kappa shape index (κ2) is 20.2. The molecule has 0 radical (unpaired) electrons. The Labute approximate surface area is 562 Å². The van der Waals surface area contributed by atoms with E-state index in [0.717, 1.165) is 0 Å². The maximum absolute atomic E-state index is 2.54. The van der Waals surface area contributed by atoms with Gasteiger partial charge in [0.2, 0.25) is 0 Å². The zero-order valence-corrected chi connectivity index (χ0v) is 55.6. The summed E-state index contributed by atoms with van der Waals surface area (Å²) in [4.78, 5) is 0. The molecule has 2 aromatic heterocycles. The molecule has 458 valence electrons. The van der Waals surface area contributed by atoms with Gasteiger partial charge >= 0.3 is 0 Å². The van der Waals surface area contributed by atoms with Gasteiger partial charge in [-0.3, -0.25) is 0 Å². The van der Waals surface area contributed by atoms with Crippen LogP contribution in [0.1, 0.15) is 122 Å². The summed E-state index contributed by atoms with van der Waals surface area (Å²) < 4.78 is 4.90. The summed E-state index contributed by atoms with van der Waals surface area (Å²) in [6.07, 6.45) is 9.02. The van der Waals surface area contributed by atoms with Crippen molar-refractivity contribution in [2.24, 2.45) is 0 Å². The van der Waals surface area contributed by atoms with Gasteiger partial charge in [0.05, 0.1) is 22.1 Å². The second-order valence-corrected chi connectivity index (χ2v) is 29.7. The summed E-state index contributed by atoms with van der Waals surface area (Å²) >= 11 is 0. The molecule has 2 heteroatoms. The molecule has 2 nitrogen and oxygen atoms in total. The van der Waals surface area contributed by atoms with Crippen molar-refractivity contribution in [2.75, 3.05) is 0 Å². The third-order valence-electron chi connectivity index (χ3n) is 22.9. The number of rotatable bonds is 8. The molecular weight excluding hydrogens is 1160 g/mol. The minimum absolute atomic E-state index is 0.0649. The maximum Gasteiger partial charge on any atom is 0.0541 e. The molecule has 13 aromatic carbocycles. The van der Waals surface area contributed by atoms with Crippen LogP contribution in [0.25, 0.3) is 146 Å². The first-order chi connectivity index (χ1) is 46.6. The van der Waals surface area contributed by atoms with Crippen molar-refractivity contribution in [3.05, 3.63) is 334 Å². The molecule has 4 aliphatic carbocycles. The van der Waals surface area contributed by atoms with Gasteiger partial charge in [0.1, 0.15) is 0 Å². The van der Waals surface area contributed by atoms with Crippen molar-refractivity contribution in [1.29, 1.82) is 0 Å². The minimum atomic E-state index is -0.165. The number of para-hydroxylation sites is 2. The third kappa shape index (κ3) is 8.18. The highest BCUT2D eigenvalue weighted by molar-refractivity contribution is 6.11. The van der Waals surface area contributed by atoms with E-state index in [1.54, 1.807) is 0 Å². The second-order valence-electron chi connectivity index (χ2n) is 29.7. The highest BCUT2D eigenvalue weighted by Gasteiger charge is 2.43. The average Bonchev–Trinajstić information content (AvgIpc) is 1.54. The highest BCUT2D eigenvalue weighted by Crippen LogP contribution is 2.58. The Morgan fingerprint density at radius 2 is 0.510 bits per heavy atom. The molecule has 96 heavy (non-hydrogen) atoms. The molecule has 2 heterocycles. The van der Waals surface area contributed by atoms with E-state index < -0.39 is 0 Å². The van der Waals surface area contributed by atoms with Crippen LogP contribution in [0.3, 0.4) is 0 Å². The highest BCUT2D eigenvalue weighted by atomic mass is 15.0. The quantitative estimate of drug-likeness (QED) is 0.134. The van der Waals surface area contributed by atoms with Gasteiger partial charge in [0.25, 0.3) is 0 Å². The minimum Gasteiger partial charge on any atom is -0.309 e. The third-order valence-corrected chi connectivity index (χ3v) is 22.9. The van der Waals surface area contributed by atoms with Gasteiger partial charge in [-0.25, -0.2) is 0 Å².